The highest BCUT2D eigenvalue weighted by Crippen LogP contribution is 2.27. The van der Waals surface area contributed by atoms with E-state index < -0.39 is 0 Å². The molecule has 0 spiro atoms. The molecule has 0 unspecified atom stereocenters. The van der Waals surface area contributed by atoms with Gasteiger partial charge in [0.15, 0.2) is 0 Å². The number of hydrogen-bond donors (Lipinski definition) is 1. The fraction of sp³-hybridized carbons (Fsp3) is 0.174. The zero-order valence-electron chi connectivity index (χ0n) is 16.2. The Labute approximate surface area is 164 Å². The number of hydrogen-bond acceptors (Lipinski definition) is 3. The Hall–Kier alpha value is -3.47. The van der Waals surface area contributed by atoms with E-state index in [1.165, 1.54) is 0 Å². The van der Waals surface area contributed by atoms with Crippen LogP contribution in [-0.2, 0) is 6.54 Å². The number of carbonyl (C=O) groups is 1. The van der Waals surface area contributed by atoms with Gasteiger partial charge >= 0.3 is 0 Å². The van der Waals surface area contributed by atoms with Crippen molar-refractivity contribution >= 4 is 22.5 Å². The molecule has 2 aromatic carbocycles. The Morgan fingerprint density at radius 2 is 1.82 bits per heavy atom. The van der Waals surface area contributed by atoms with E-state index in [4.69, 9.17) is 4.98 Å². The zero-order valence-corrected chi connectivity index (χ0v) is 16.2. The number of nitrogens with one attached hydrogen (secondary N) is 1. The Kier molecular flexibility index (Phi) is 4.65. The third-order valence-electron chi connectivity index (χ3n) is 4.93. The molecule has 140 valence electrons. The molecular formula is C23H22N4O. The molecule has 4 rings (SSSR count). The first-order chi connectivity index (χ1) is 13.6. The summed E-state index contributed by atoms with van der Waals surface area (Å²) in [6.45, 7) is 6.82. The van der Waals surface area contributed by atoms with Gasteiger partial charge in [0, 0.05) is 29.4 Å². The third kappa shape index (κ3) is 3.27. The van der Waals surface area contributed by atoms with Crippen LogP contribution in [-0.4, -0.2) is 20.7 Å². The van der Waals surface area contributed by atoms with Crippen LogP contribution >= 0.6 is 0 Å². The van der Waals surface area contributed by atoms with Crippen molar-refractivity contribution < 1.29 is 4.79 Å². The van der Waals surface area contributed by atoms with Crippen LogP contribution in [0.1, 0.15) is 28.4 Å². The molecule has 1 N–H and O–H groups in total. The molecule has 0 aliphatic heterocycles. The van der Waals surface area contributed by atoms with Crippen molar-refractivity contribution in [3.8, 4) is 11.3 Å². The summed E-state index contributed by atoms with van der Waals surface area (Å²) in [5, 5.41) is 8.26. The van der Waals surface area contributed by atoms with Crippen LogP contribution in [0.3, 0.4) is 0 Å². The fourth-order valence-electron chi connectivity index (χ4n) is 3.37. The summed E-state index contributed by atoms with van der Waals surface area (Å²) in [6.07, 6.45) is 3.73. The lowest BCUT2D eigenvalue weighted by atomic mass is 10.0. The highest BCUT2D eigenvalue weighted by atomic mass is 16.1. The molecule has 2 aromatic heterocycles. The minimum atomic E-state index is -0.139. The number of aromatic nitrogens is 3. The summed E-state index contributed by atoms with van der Waals surface area (Å²) < 4.78 is 1.85. The molecule has 0 saturated heterocycles. The summed E-state index contributed by atoms with van der Waals surface area (Å²) >= 11 is 0. The molecule has 1 amide bonds. The summed E-state index contributed by atoms with van der Waals surface area (Å²) in [6, 6.07) is 15.6. The van der Waals surface area contributed by atoms with Crippen molar-refractivity contribution in [2.24, 2.45) is 0 Å². The topological polar surface area (TPSA) is 59.8 Å². The van der Waals surface area contributed by atoms with Crippen molar-refractivity contribution in [3.05, 3.63) is 77.6 Å². The van der Waals surface area contributed by atoms with Gasteiger partial charge in [0.2, 0.25) is 0 Å². The van der Waals surface area contributed by atoms with Crippen LogP contribution in [0.15, 0.2) is 60.9 Å². The average molecular weight is 370 g/mol. The van der Waals surface area contributed by atoms with Gasteiger partial charge < -0.3 is 5.32 Å². The van der Waals surface area contributed by atoms with Gasteiger partial charge in [0.25, 0.3) is 5.91 Å². The van der Waals surface area contributed by atoms with E-state index in [9.17, 15) is 4.79 Å². The first-order valence-electron chi connectivity index (χ1n) is 9.37. The second-order valence-electron chi connectivity index (χ2n) is 6.88. The molecule has 0 saturated carbocycles. The molecular weight excluding hydrogens is 348 g/mol. The zero-order chi connectivity index (χ0) is 19.7. The number of fused-ring (bicyclic) bond motifs is 1. The predicted molar refractivity (Wildman–Crippen MR) is 113 cm³/mol. The maximum absolute atomic E-state index is 13.2. The standard InChI is InChI=1S/C23H22N4O/c1-4-27-14-17(13-24-27)21-12-19(18-10-5-6-11-20(18)25-21)23(28)26-22-15(2)8-7-9-16(22)3/h5-14H,4H2,1-3H3,(H,26,28). The van der Waals surface area contributed by atoms with Gasteiger partial charge in [0.05, 0.1) is 23.0 Å². The van der Waals surface area contributed by atoms with E-state index in [1.807, 2.05) is 80.2 Å². The minimum absolute atomic E-state index is 0.139. The number of pyridine rings is 1. The van der Waals surface area contributed by atoms with Gasteiger partial charge in [-0.15, -0.1) is 0 Å². The maximum atomic E-state index is 13.2. The molecule has 5 heteroatoms. The molecule has 0 bridgehead atoms. The van der Waals surface area contributed by atoms with Crippen molar-refractivity contribution in [1.29, 1.82) is 0 Å². The lowest BCUT2D eigenvalue weighted by Crippen LogP contribution is -2.14. The van der Waals surface area contributed by atoms with Crippen molar-refractivity contribution in [1.82, 2.24) is 14.8 Å². The minimum Gasteiger partial charge on any atom is -0.321 e. The van der Waals surface area contributed by atoms with Crippen molar-refractivity contribution in [2.45, 2.75) is 27.3 Å². The van der Waals surface area contributed by atoms with Crippen LogP contribution < -0.4 is 5.32 Å². The quantitative estimate of drug-likeness (QED) is 0.551. The summed E-state index contributed by atoms with van der Waals surface area (Å²) in [4.78, 5) is 18.0. The molecule has 0 fully saturated rings. The van der Waals surface area contributed by atoms with Gasteiger partial charge in [-0.25, -0.2) is 4.98 Å². The number of para-hydroxylation sites is 2. The SMILES string of the molecule is CCn1cc(-c2cc(C(=O)Nc3c(C)cccc3C)c3ccccc3n2)cn1. The van der Waals surface area contributed by atoms with Crippen LogP contribution in [0.25, 0.3) is 22.2 Å². The molecule has 4 aromatic rings. The van der Waals surface area contributed by atoms with Crippen LogP contribution in [0.5, 0.6) is 0 Å². The number of rotatable bonds is 4. The number of benzene rings is 2. The van der Waals surface area contributed by atoms with Crippen LogP contribution in [0.4, 0.5) is 5.69 Å². The molecule has 5 nitrogen and oxygen atoms in total. The van der Waals surface area contributed by atoms with Crippen LogP contribution in [0, 0.1) is 13.8 Å². The summed E-state index contributed by atoms with van der Waals surface area (Å²) in [5.41, 5.74) is 5.96. The number of anilines is 1. The lowest BCUT2D eigenvalue weighted by molar-refractivity contribution is 0.102. The van der Waals surface area contributed by atoms with E-state index in [2.05, 4.69) is 10.4 Å². The normalized spacial score (nSPS) is 11.0. The first-order valence-corrected chi connectivity index (χ1v) is 9.37. The van der Waals surface area contributed by atoms with E-state index in [-0.39, 0.29) is 5.91 Å². The Morgan fingerprint density at radius 1 is 1.07 bits per heavy atom. The molecule has 28 heavy (non-hydrogen) atoms. The Bertz CT molecular complexity index is 1160. The number of amides is 1. The number of aryl methyl sites for hydroxylation is 3. The molecule has 0 aliphatic carbocycles. The predicted octanol–water partition coefficient (Wildman–Crippen LogP) is 4.99. The monoisotopic (exact) mass is 370 g/mol. The highest BCUT2D eigenvalue weighted by Gasteiger charge is 2.16. The fourth-order valence-corrected chi connectivity index (χ4v) is 3.37. The maximum Gasteiger partial charge on any atom is 0.256 e. The number of carbonyl (C=O) groups excluding carboxylic acids is 1. The van der Waals surface area contributed by atoms with Crippen LogP contribution in [0.2, 0.25) is 0 Å². The van der Waals surface area contributed by atoms with Gasteiger partial charge in [-0.3, -0.25) is 9.48 Å². The molecule has 2 heterocycles. The third-order valence-corrected chi connectivity index (χ3v) is 4.93. The Morgan fingerprint density at radius 3 is 2.54 bits per heavy atom. The Balaban J connectivity index is 1.82. The van der Waals surface area contributed by atoms with E-state index in [0.717, 1.165) is 45.5 Å². The summed E-state index contributed by atoms with van der Waals surface area (Å²) in [7, 11) is 0. The van der Waals surface area contributed by atoms with Gasteiger partial charge in [0.1, 0.15) is 0 Å². The largest absolute Gasteiger partial charge is 0.321 e. The average Bonchev–Trinajstić information content (AvgIpc) is 3.19. The number of nitrogens with zero attached hydrogens (tertiary/aromatic N) is 3. The molecule has 0 atom stereocenters. The first kappa shape index (κ1) is 17.9. The molecule has 0 aliphatic rings. The van der Waals surface area contributed by atoms with E-state index >= 15 is 0 Å². The van der Waals surface area contributed by atoms with E-state index in [1.54, 1.807) is 6.20 Å². The van der Waals surface area contributed by atoms with Gasteiger partial charge in [-0.05, 0) is 44.0 Å². The lowest BCUT2D eigenvalue weighted by Gasteiger charge is -2.13. The highest BCUT2D eigenvalue weighted by molar-refractivity contribution is 6.13. The van der Waals surface area contributed by atoms with Crippen molar-refractivity contribution in [3.63, 3.8) is 0 Å². The van der Waals surface area contributed by atoms with Crippen molar-refractivity contribution in [2.75, 3.05) is 5.32 Å². The van der Waals surface area contributed by atoms with Gasteiger partial charge in [-0.1, -0.05) is 36.4 Å². The second-order valence-corrected chi connectivity index (χ2v) is 6.88. The van der Waals surface area contributed by atoms with Gasteiger partial charge in [-0.2, -0.15) is 5.10 Å². The van der Waals surface area contributed by atoms with E-state index in [0.29, 0.717) is 5.56 Å². The summed E-state index contributed by atoms with van der Waals surface area (Å²) in [5.74, 6) is -0.139. The smallest absolute Gasteiger partial charge is 0.256 e. The second kappa shape index (κ2) is 7.27. The molecule has 0 radical (unpaired) electrons.